The van der Waals surface area contributed by atoms with Crippen LogP contribution in [0, 0.1) is 5.92 Å². The highest BCUT2D eigenvalue weighted by atomic mass is 16.5. The zero-order valence-electron chi connectivity index (χ0n) is 18.7. The van der Waals surface area contributed by atoms with Gasteiger partial charge in [0, 0.05) is 63.3 Å². The fourth-order valence-electron chi connectivity index (χ4n) is 3.93. The summed E-state index contributed by atoms with van der Waals surface area (Å²) in [5.74, 6) is 1.65. The topological polar surface area (TPSA) is 63.3 Å². The molecule has 1 fully saturated rings. The lowest BCUT2D eigenvalue weighted by Gasteiger charge is -2.36. The molecule has 1 saturated heterocycles. The van der Waals surface area contributed by atoms with Crippen molar-refractivity contribution < 1.29 is 19.0 Å². The third kappa shape index (κ3) is 6.32. The van der Waals surface area contributed by atoms with E-state index < -0.39 is 0 Å². The van der Waals surface area contributed by atoms with Crippen LogP contribution in [0.5, 0.6) is 11.5 Å². The molecule has 164 valence electrons. The number of carbonyl (C=O) groups is 1. The summed E-state index contributed by atoms with van der Waals surface area (Å²) in [7, 11) is 7.43. The Balaban J connectivity index is 2.22. The van der Waals surface area contributed by atoms with Gasteiger partial charge in [0.15, 0.2) is 11.5 Å². The maximum Gasteiger partial charge on any atom is 0.254 e. The Morgan fingerprint density at radius 3 is 2.55 bits per heavy atom. The molecule has 1 aliphatic rings. The first-order valence-electron chi connectivity index (χ1n) is 10.4. The molecule has 2 unspecified atom stereocenters. The molecule has 0 aliphatic carbocycles. The van der Waals surface area contributed by atoms with Crippen molar-refractivity contribution in [3.8, 4) is 11.5 Å². The van der Waals surface area contributed by atoms with Crippen LogP contribution in [0.4, 0.5) is 0 Å². The zero-order valence-corrected chi connectivity index (χ0v) is 18.7. The Bertz CT molecular complexity index is 651. The molecule has 2 atom stereocenters. The molecular weight excluding hydrogens is 370 g/mol. The average Bonchev–Trinajstić information content (AvgIpc) is 3.11. The normalized spacial score (nSPS) is 19.0. The predicted octanol–water partition coefficient (Wildman–Crippen LogP) is 2.11. The van der Waals surface area contributed by atoms with Crippen LogP contribution in [-0.4, -0.2) is 89.0 Å². The smallest absolute Gasteiger partial charge is 0.254 e. The van der Waals surface area contributed by atoms with Gasteiger partial charge >= 0.3 is 0 Å². The van der Waals surface area contributed by atoms with Crippen LogP contribution in [0.1, 0.15) is 30.6 Å². The number of hydrogen-bond donors (Lipinski definition) is 1. The molecule has 0 radical (unpaired) electrons. The second-order valence-electron chi connectivity index (χ2n) is 8.11. The van der Waals surface area contributed by atoms with E-state index in [2.05, 4.69) is 38.2 Å². The van der Waals surface area contributed by atoms with E-state index in [9.17, 15) is 4.79 Å². The molecule has 0 aromatic heterocycles. The van der Waals surface area contributed by atoms with E-state index in [1.165, 1.54) is 0 Å². The third-order valence-electron chi connectivity index (χ3n) is 5.21. The van der Waals surface area contributed by atoms with E-state index >= 15 is 0 Å². The lowest BCUT2D eigenvalue weighted by molar-refractivity contribution is 0.0558. The molecule has 1 amide bonds. The maximum atomic E-state index is 13.5. The summed E-state index contributed by atoms with van der Waals surface area (Å²) < 4.78 is 16.3. The van der Waals surface area contributed by atoms with Gasteiger partial charge in [0.25, 0.3) is 5.91 Å². The Morgan fingerprint density at radius 2 is 1.93 bits per heavy atom. The first-order chi connectivity index (χ1) is 13.9. The fourth-order valence-corrected chi connectivity index (χ4v) is 3.93. The molecular formula is C22H37N3O4. The van der Waals surface area contributed by atoms with Crippen molar-refractivity contribution in [2.24, 2.45) is 5.92 Å². The summed E-state index contributed by atoms with van der Waals surface area (Å²) in [4.78, 5) is 17.7. The summed E-state index contributed by atoms with van der Waals surface area (Å²) >= 11 is 0. The second-order valence-corrected chi connectivity index (χ2v) is 8.11. The number of rotatable bonds is 11. The monoisotopic (exact) mass is 407 g/mol. The number of nitrogens with zero attached hydrogens (tertiary/aromatic N) is 2. The van der Waals surface area contributed by atoms with Crippen LogP contribution in [0.3, 0.4) is 0 Å². The van der Waals surface area contributed by atoms with Crippen LogP contribution in [0.25, 0.3) is 0 Å². The molecule has 1 aromatic rings. The van der Waals surface area contributed by atoms with Crippen molar-refractivity contribution in [3.05, 3.63) is 23.8 Å². The van der Waals surface area contributed by atoms with Gasteiger partial charge in [-0.3, -0.25) is 4.79 Å². The van der Waals surface area contributed by atoms with Crippen LogP contribution < -0.4 is 14.8 Å². The van der Waals surface area contributed by atoms with Gasteiger partial charge in [-0.1, -0.05) is 0 Å². The van der Waals surface area contributed by atoms with Crippen LogP contribution in [0.15, 0.2) is 18.2 Å². The summed E-state index contributed by atoms with van der Waals surface area (Å²) in [6.45, 7) is 7.99. The second kappa shape index (κ2) is 11.4. The minimum atomic E-state index is 0.0295. The van der Waals surface area contributed by atoms with Crippen LogP contribution >= 0.6 is 0 Å². The van der Waals surface area contributed by atoms with Gasteiger partial charge in [0.1, 0.15) is 0 Å². The van der Waals surface area contributed by atoms with Crippen molar-refractivity contribution in [1.29, 1.82) is 0 Å². The van der Waals surface area contributed by atoms with Gasteiger partial charge < -0.3 is 29.3 Å². The van der Waals surface area contributed by atoms with Crippen molar-refractivity contribution in [2.75, 3.05) is 61.2 Å². The molecule has 1 heterocycles. The molecule has 7 nitrogen and oxygen atoms in total. The quantitative estimate of drug-likeness (QED) is 0.567. The molecule has 0 bridgehead atoms. The van der Waals surface area contributed by atoms with Gasteiger partial charge in [-0.2, -0.15) is 0 Å². The Kier molecular flexibility index (Phi) is 9.20. The Morgan fingerprint density at radius 1 is 1.17 bits per heavy atom. The van der Waals surface area contributed by atoms with Crippen molar-refractivity contribution in [3.63, 3.8) is 0 Å². The minimum Gasteiger partial charge on any atom is -0.493 e. The van der Waals surface area contributed by atoms with Gasteiger partial charge in [-0.25, -0.2) is 0 Å². The predicted molar refractivity (Wildman–Crippen MR) is 115 cm³/mol. The van der Waals surface area contributed by atoms with E-state index in [0.717, 1.165) is 26.1 Å². The molecule has 1 N–H and O–H groups in total. The Labute approximate surface area is 175 Å². The van der Waals surface area contributed by atoms with Crippen molar-refractivity contribution in [1.82, 2.24) is 15.1 Å². The highest BCUT2D eigenvalue weighted by Gasteiger charge is 2.36. The number of ether oxygens (including phenoxy) is 3. The molecule has 7 heteroatoms. The SMILES string of the molecule is COCCCOc1cc(C(=O)N(C(C)C)C2CNCC2CN(C)C)ccc1OC. The number of methoxy groups -OCH3 is 2. The molecule has 1 aromatic carbocycles. The summed E-state index contributed by atoms with van der Waals surface area (Å²) in [6.07, 6.45) is 0.774. The number of benzene rings is 1. The third-order valence-corrected chi connectivity index (χ3v) is 5.21. The minimum absolute atomic E-state index is 0.0295. The first kappa shape index (κ1) is 23.4. The van der Waals surface area contributed by atoms with E-state index in [-0.39, 0.29) is 18.0 Å². The van der Waals surface area contributed by atoms with Gasteiger partial charge in [-0.15, -0.1) is 0 Å². The van der Waals surface area contributed by atoms with Crippen molar-refractivity contribution in [2.45, 2.75) is 32.4 Å². The molecule has 29 heavy (non-hydrogen) atoms. The standard InChI is InChI=1S/C22H37N3O4/c1-16(2)25(19-14-23-13-18(19)15-24(3)4)22(26)17-8-9-20(28-6)21(12-17)29-11-7-10-27-5/h8-9,12,16,18-19,23H,7,10-11,13-15H2,1-6H3. The van der Waals surface area contributed by atoms with Crippen LogP contribution in [-0.2, 0) is 4.74 Å². The fraction of sp³-hybridized carbons (Fsp3) is 0.682. The van der Waals surface area contributed by atoms with Crippen molar-refractivity contribution >= 4 is 5.91 Å². The Hall–Kier alpha value is -1.83. The molecule has 1 aliphatic heterocycles. The zero-order chi connectivity index (χ0) is 21.4. The largest absolute Gasteiger partial charge is 0.493 e. The number of amides is 1. The number of carbonyl (C=O) groups excluding carboxylic acids is 1. The number of hydrogen-bond acceptors (Lipinski definition) is 6. The molecule has 0 saturated carbocycles. The van der Waals surface area contributed by atoms with Crippen LogP contribution in [0.2, 0.25) is 0 Å². The van der Waals surface area contributed by atoms with Gasteiger partial charge in [0.05, 0.1) is 13.7 Å². The number of nitrogens with one attached hydrogen (secondary N) is 1. The van der Waals surface area contributed by atoms with E-state index in [1.807, 2.05) is 17.0 Å². The lowest BCUT2D eigenvalue weighted by Crippen LogP contribution is -2.50. The highest BCUT2D eigenvalue weighted by Crippen LogP contribution is 2.30. The van der Waals surface area contributed by atoms with Gasteiger partial charge in [-0.05, 0) is 46.1 Å². The first-order valence-corrected chi connectivity index (χ1v) is 10.4. The molecule has 2 rings (SSSR count). The summed E-state index contributed by atoms with van der Waals surface area (Å²) in [5.41, 5.74) is 0.622. The molecule has 0 spiro atoms. The van der Waals surface area contributed by atoms with Gasteiger partial charge in [0.2, 0.25) is 0 Å². The van der Waals surface area contributed by atoms with E-state index in [1.54, 1.807) is 20.3 Å². The average molecular weight is 408 g/mol. The lowest BCUT2D eigenvalue weighted by atomic mass is 9.99. The van der Waals surface area contributed by atoms with E-state index in [0.29, 0.717) is 36.2 Å². The highest BCUT2D eigenvalue weighted by molar-refractivity contribution is 5.95. The summed E-state index contributed by atoms with van der Waals surface area (Å²) in [6, 6.07) is 5.69. The summed E-state index contributed by atoms with van der Waals surface area (Å²) in [5, 5.41) is 3.46. The maximum absolute atomic E-state index is 13.5. The van der Waals surface area contributed by atoms with E-state index in [4.69, 9.17) is 14.2 Å².